The van der Waals surface area contributed by atoms with E-state index in [1.165, 1.54) is 193 Å². The van der Waals surface area contributed by atoms with Gasteiger partial charge in [0.05, 0.1) is 12.8 Å². The summed E-state index contributed by atoms with van der Waals surface area (Å²) in [5, 5.41) is 0. The average molecular weight is 1090 g/mol. The van der Waals surface area contributed by atoms with E-state index >= 15 is 0 Å². The molecule has 390 valence electrons. The van der Waals surface area contributed by atoms with Gasteiger partial charge in [-0.25, -0.2) is 0 Å². The number of rotatable bonds is 41. The third kappa shape index (κ3) is 90.8. The molecule has 0 aromatic carbocycles. The Kier molecular flexibility index (Phi) is 82.1. The van der Waals surface area contributed by atoms with Crippen LogP contribution in [0.15, 0.2) is 0 Å². The highest BCUT2D eigenvalue weighted by molar-refractivity contribution is 8.00. The smallest absolute Gasteiger partial charge is 0.306 e. The van der Waals surface area contributed by atoms with Gasteiger partial charge in [0.25, 0.3) is 0 Å². The first-order valence-electron chi connectivity index (χ1n) is 25.8. The molecule has 0 heterocycles. The number of hydrogen-bond acceptors (Lipinski definition) is 14. The van der Waals surface area contributed by atoms with Crippen molar-refractivity contribution in [3.05, 3.63) is 0 Å². The van der Waals surface area contributed by atoms with E-state index < -0.39 is 0 Å². The second-order valence-corrected chi connectivity index (χ2v) is 24.2. The van der Waals surface area contributed by atoms with E-state index in [1.807, 2.05) is 0 Å². The minimum absolute atomic E-state index is 0.102. The molecule has 14 heteroatoms. The fourth-order valence-electron chi connectivity index (χ4n) is 6.13. The van der Waals surface area contributed by atoms with Crippen LogP contribution in [0, 0.1) is 0 Å². The lowest BCUT2D eigenvalue weighted by atomic mass is 10.1. The Morgan fingerprint density at radius 3 is 0.641 bits per heavy atom. The van der Waals surface area contributed by atoms with Gasteiger partial charge in [0, 0.05) is 29.8 Å². The molecule has 0 aromatic heterocycles. The SMILES string of the molecule is CCCCCCCCC(S)S.CCCCCCCCCC(S)S.CCCCCCCCCCC(S)S.CCCCCCCCCCCC(S)S.O=C(CCS)OCCOC(=O)CCS. The van der Waals surface area contributed by atoms with Crippen LogP contribution in [-0.4, -0.2) is 55.0 Å². The van der Waals surface area contributed by atoms with Gasteiger partial charge in [-0.2, -0.15) is 126 Å². The van der Waals surface area contributed by atoms with Crippen molar-refractivity contribution >= 4 is 138 Å². The number of ether oxygens (including phenoxy) is 2. The van der Waals surface area contributed by atoms with Gasteiger partial charge in [-0.1, -0.05) is 220 Å². The lowest BCUT2D eigenvalue weighted by molar-refractivity contribution is -0.151. The quantitative estimate of drug-likeness (QED) is 0.0131. The van der Waals surface area contributed by atoms with Gasteiger partial charge < -0.3 is 9.47 Å². The molecular weight excluding hydrogens is 985 g/mol. The summed E-state index contributed by atoms with van der Waals surface area (Å²) in [5.74, 6) is 0.256. The molecule has 0 spiro atoms. The van der Waals surface area contributed by atoms with Gasteiger partial charge in [-0.15, -0.1) is 0 Å². The third-order valence-electron chi connectivity index (χ3n) is 10.0. The standard InChI is InChI=1S/C12H26S2.C11H24S2.C10H22S2.C9H20S2.C8H14O4S2/c1-2-3-4-5-6-7-8-9-10-11-12(13)14;1-2-3-4-5-6-7-8-9-10-11(12)13;1-2-3-4-5-6-7-8-9-10(11)12;1-2-3-4-5-6-7-8-9(10)11;9-7(1-5-13)11-3-4-12-8(10)2-6-14/h12-14H,2-11H2,1H3;11-13H,2-10H2,1H3;10-12H,2-9H2,1H3;9-11H,2-8H2,1H3;13-14H,1-6H2. The van der Waals surface area contributed by atoms with Crippen molar-refractivity contribution in [1.82, 2.24) is 0 Å². The Hall–Kier alpha value is 2.44. The van der Waals surface area contributed by atoms with Crippen molar-refractivity contribution in [3.8, 4) is 0 Å². The van der Waals surface area contributed by atoms with Crippen LogP contribution < -0.4 is 0 Å². The van der Waals surface area contributed by atoms with Crippen molar-refractivity contribution in [2.45, 2.75) is 277 Å². The van der Waals surface area contributed by atoms with E-state index in [0.717, 1.165) is 25.7 Å². The normalized spacial score (nSPS) is 10.7. The van der Waals surface area contributed by atoms with Crippen LogP contribution in [0.25, 0.3) is 0 Å². The largest absolute Gasteiger partial charge is 0.462 e. The van der Waals surface area contributed by atoms with Crippen LogP contribution >= 0.6 is 126 Å². The Balaban J connectivity index is -0.000000227. The zero-order valence-corrected chi connectivity index (χ0v) is 50.6. The topological polar surface area (TPSA) is 52.6 Å². The highest BCUT2D eigenvalue weighted by Gasteiger charge is 2.04. The summed E-state index contributed by atoms with van der Waals surface area (Å²) >= 11 is 41.5. The summed E-state index contributed by atoms with van der Waals surface area (Å²) in [4.78, 5) is 21.6. The first-order valence-corrected chi connectivity index (χ1v) is 31.2. The number of carbonyl (C=O) groups is 2. The molecule has 64 heavy (non-hydrogen) atoms. The number of carbonyl (C=O) groups excluding carboxylic acids is 2. The van der Waals surface area contributed by atoms with E-state index in [9.17, 15) is 9.59 Å². The van der Waals surface area contributed by atoms with Crippen LogP contribution in [0.3, 0.4) is 0 Å². The molecular formula is C50H106O4S10. The van der Waals surface area contributed by atoms with Gasteiger partial charge in [0.2, 0.25) is 0 Å². The maximum absolute atomic E-state index is 10.8. The Morgan fingerprint density at radius 1 is 0.312 bits per heavy atom. The molecule has 0 fully saturated rings. The Labute approximate surface area is 455 Å². The minimum Gasteiger partial charge on any atom is -0.462 e. The minimum atomic E-state index is -0.328. The Morgan fingerprint density at radius 2 is 0.484 bits per heavy atom. The van der Waals surface area contributed by atoms with E-state index in [1.54, 1.807) is 0 Å². The zero-order chi connectivity index (χ0) is 49.2. The van der Waals surface area contributed by atoms with E-state index in [4.69, 9.17) is 9.47 Å². The predicted molar refractivity (Wildman–Crippen MR) is 326 cm³/mol. The molecule has 0 unspecified atom stereocenters. The monoisotopic (exact) mass is 1090 g/mol. The summed E-state index contributed by atoms with van der Waals surface area (Å²) < 4.78 is 10.6. The highest BCUT2D eigenvalue weighted by Crippen LogP contribution is 2.17. The first-order chi connectivity index (χ1) is 30.8. The molecule has 0 saturated heterocycles. The highest BCUT2D eigenvalue weighted by atomic mass is 32.2. The second kappa shape index (κ2) is 69.7. The molecule has 0 saturated carbocycles. The van der Waals surface area contributed by atoms with Crippen LogP contribution in [0.4, 0.5) is 0 Å². The van der Waals surface area contributed by atoms with Crippen molar-refractivity contribution < 1.29 is 19.1 Å². The van der Waals surface area contributed by atoms with Gasteiger partial charge in [0.15, 0.2) is 0 Å². The summed E-state index contributed by atoms with van der Waals surface area (Å²) in [6.45, 7) is 9.24. The van der Waals surface area contributed by atoms with Gasteiger partial charge in [0.1, 0.15) is 13.2 Å². The van der Waals surface area contributed by atoms with Gasteiger partial charge in [-0.05, 0) is 25.7 Å². The summed E-state index contributed by atoms with van der Waals surface area (Å²) in [5.41, 5.74) is 0. The zero-order valence-electron chi connectivity index (χ0n) is 41.7. The Bertz CT molecular complexity index is 822. The number of esters is 2. The van der Waals surface area contributed by atoms with E-state index in [-0.39, 0.29) is 38.0 Å². The van der Waals surface area contributed by atoms with Crippen molar-refractivity contribution in [1.29, 1.82) is 0 Å². The van der Waals surface area contributed by atoms with Crippen LogP contribution in [0.5, 0.6) is 0 Å². The van der Waals surface area contributed by atoms with E-state index in [0.29, 0.717) is 29.8 Å². The van der Waals surface area contributed by atoms with Gasteiger partial charge >= 0.3 is 11.9 Å². The maximum Gasteiger partial charge on any atom is 0.306 e. The lowest BCUT2D eigenvalue weighted by Crippen LogP contribution is -2.14. The first kappa shape index (κ1) is 75.4. The number of thiol groups is 10. The molecule has 0 rings (SSSR count). The molecule has 0 N–H and O–H groups in total. The number of hydrogen-bond donors (Lipinski definition) is 10. The lowest BCUT2D eigenvalue weighted by Gasteiger charge is -2.04. The fourth-order valence-corrected chi connectivity index (χ4v) is 7.95. The third-order valence-corrected chi connectivity index (χ3v) is 12.5. The van der Waals surface area contributed by atoms with Crippen molar-refractivity contribution in [2.24, 2.45) is 0 Å². The molecule has 0 atom stereocenters. The predicted octanol–water partition coefficient (Wildman–Crippen LogP) is 18.7. The number of unbranched alkanes of at least 4 members (excludes halogenated alkanes) is 26. The fraction of sp³-hybridized carbons (Fsp3) is 0.960. The van der Waals surface area contributed by atoms with Crippen LogP contribution in [0.2, 0.25) is 0 Å². The molecule has 0 aromatic rings. The molecule has 0 aliphatic rings. The average Bonchev–Trinajstić information content (AvgIpc) is 3.24. The summed E-state index contributed by atoms with van der Waals surface area (Å²) in [7, 11) is 0. The second-order valence-electron chi connectivity index (χ2n) is 16.7. The van der Waals surface area contributed by atoms with Crippen molar-refractivity contribution in [2.75, 3.05) is 24.7 Å². The van der Waals surface area contributed by atoms with E-state index in [2.05, 4.69) is 154 Å². The summed E-state index contributed by atoms with van der Waals surface area (Å²) in [6.07, 6.45) is 46.6. The molecule has 0 radical (unpaired) electrons. The molecule has 0 aliphatic carbocycles. The van der Waals surface area contributed by atoms with Crippen molar-refractivity contribution in [3.63, 3.8) is 0 Å². The molecule has 0 bridgehead atoms. The molecule has 0 aliphatic heterocycles. The van der Waals surface area contributed by atoms with Gasteiger partial charge in [-0.3, -0.25) is 9.59 Å². The molecule has 0 amide bonds. The molecule has 4 nitrogen and oxygen atoms in total. The summed E-state index contributed by atoms with van der Waals surface area (Å²) in [6, 6.07) is 0. The van der Waals surface area contributed by atoms with Crippen LogP contribution in [-0.2, 0) is 19.1 Å². The maximum atomic E-state index is 10.8. The van der Waals surface area contributed by atoms with Crippen LogP contribution in [0.1, 0.15) is 259 Å².